The summed E-state index contributed by atoms with van der Waals surface area (Å²) < 4.78 is 10.4. The summed E-state index contributed by atoms with van der Waals surface area (Å²) in [6.07, 6.45) is 1.14. The Balaban J connectivity index is 1.63. The summed E-state index contributed by atoms with van der Waals surface area (Å²) >= 11 is 0. The first-order chi connectivity index (χ1) is 13.7. The molecular formula is C23H31N3O2. The molecule has 150 valence electrons. The van der Waals surface area contributed by atoms with Crippen molar-refractivity contribution in [3.63, 3.8) is 0 Å². The van der Waals surface area contributed by atoms with Gasteiger partial charge in [0.2, 0.25) is 0 Å². The van der Waals surface area contributed by atoms with E-state index in [1.54, 1.807) is 14.2 Å². The van der Waals surface area contributed by atoms with E-state index in [-0.39, 0.29) is 0 Å². The van der Waals surface area contributed by atoms with Crippen LogP contribution in [0.5, 0.6) is 5.75 Å². The molecule has 1 atom stereocenters. The van der Waals surface area contributed by atoms with Gasteiger partial charge in [-0.1, -0.05) is 36.4 Å². The summed E-state index contributed by atoms with van der Waals surface area (Å²) in [6.45, 7) is 6.33. The van der Waals surface area contributed by atoms with Gasteiger partial charge in [0.1, 0.15) is 5.75 Å². The first-order valence-electron chi connectivity index (χ1n) is 9.97. The highest BCUT2D eigenvalue weighted by Crippen LogP contribution is 2.28. The zero-order valence-corrected chi connectivity index (χ0v) is 17.1. The minimum atomic E-state index is 0.531. The number of hydrogen-bond acceptors (Lipinski definition) is 3. The molecule has 2 aromatic rings. The van der Waals surface area contributed by atoms with Crippen LogP contribution in [0.15, 0.2) is 53.5 Å². The highest BCUT2D eigenvalue weighted by atomic mass is 16.5. The number of methoxy groups -OCH3 is 2. The third kappa shape index (κ3) is 5.26. The molecule has 28 heavy (non-hydrogen) atoms. The van der Waals surface area contributed by atoms with Gasteiger partial charge in [-0.05, 0) is 42.2 Å². The average molecular weight is 382 g/mol. The Kier molecular flexibility index (Phi) is 7.31. The van der Waals surface area contributed by atoms with Crippen LogP contribution in [0.1, 0.15) is 36.0 Å². The van der Waals surface area contributed by atoms with Crippen molar-refractivity contribution in [1.82, 2.24) is 10.2 Å². The van der Waals surface area contributed by atoms with Gasteiger partial charge in [-0.3, -0.25) is 0 Å². The Labute approximate surface area is 168 Å². The molecule has 0 aliphatic carbocycles. The minimum absolute atomic E-state index is 0.531. The molecular weight excluding hydrogens is 350 g/mol. The second-order valence-electron chi connectivity index (χ2n) is 7.12. The molecule has 0 aromatic heterocycles. The quantitative estimate of drug-likeness (QED) is 0.585. The maximum Gasteiger partial charge on any atom is 0.194 e. The van der Waals surface area contributed by atoms with Crippen LogP contribution in [-0.2, 0) is 17.9 Å². The van der Waals surface area contributed by atoms with Crippen LogP contribution >= 0.6 is 0 Å². The van der Waals surface area contributed by atoms with Crippen molar-refractivity contribution >= 4 is 5.96 Å². The number of ether oxygens (including phenoxy) is 2. The first kappa shape index (κ1) is 20.2. The van der Waals surface area contributed by atoms with Crippen molar-refractivity contribution in [2.24, 2.45) is 4.99 Å². The van der Waals surface area contributed by atoms with Crippen LogP contribution in [0.3, 0.4) is 0 Å². The molecule has 1 saturated heterocycles. The van der Waals surface area contributed by atoms with Gasteiger partial charge in [0.05, 0.1) is 20.3 Å². The lowest BCUT2D eigenvalue weighted by Gasteiger charge is -2.22. The van der Waals surface area contributed by atoms with Crippen LogP contribution in [0.4, 0.5) is 0 Å². The Morgan fingerprint density at radius 3 is 2.43 bits per heavy atom. The van der Waals surface area contributed by atoms with Gasteiger partial charge in [0.25, 0.3) is 0 Å². The maximum absolute atomic E-state index is 5.27. The molecule has 0 radical (unpaired) electrons. The second-order valence-corrected chi connectivity index (χ2v) is 7.12. The van der Waals surface area contributed by atoms with Crippen molar-refractivity contribution in [1.29, 1.82) is 0 Å². The van der Waals surface area contributed by atoms with Crippen LogP contribution < -0.4 is 10.1 Å². The summed E-state index contributed by atoms with van der Waals surface area (Å²) in [7, 11) is 3.42. The normalized spacial score (nSPS) is 17.0. The van der Waals surface area contributed by atoms with Crippen molar-refractivity contribution in [2.45, 2.75) is 32.4 Å². The smallest absolute Gasteiger partial charge is 0.194 e. The van der Waals surface area contributed by atoms with E-state index in [0.717, 1.165) is 37.8 Å². The number of likely N-dealkylation sites (tertiary alicyclic amines) is 1. The topological polar surface area (TPSA) is 46.1 Å². The zero-order valence-electron chi connectivity index (χ0n) is 17.1. The number of guanidine groups is 1. The van der Waals surface area contributed by atoms with E-state index in [4.69, 9.17) is 14.5 Å². The van der Waals surface area contributed by atoms with Crippen LogP contribution in [-0.4, -0.2) is 44.7 Å². The lowest BCUT2D eigenvalue weighted by molar-refractivity contribution is 0.185. The molecule has 1 aliphatic heterocycles. The summed E-state index contributed by atoms with van der Waals surface area (Å²) in [5.74, 6) is 2.44. The van der Waals surface area contributed by atoms with E-state index in [1.165, 1.54) is 16.7 Å². The predicted octanol–water partition coefficient (Wildman–Crippen LogP) is 3.80. The number of rotatable bonds is 7. The van der Waals surface area contributed by atoms with Gasteiger partial charge < -0.3 is 19.7 Å². The fourth-order valence-electron chi connectivity index (χ4n) is 3.60. The molecule has 0 spiro atoms. The zero-order chi connectivity index (χ0) is 19.8. The van der Waals surface area contributed by atoms with Crippen molar-refractivity contribution in [2.75, 3.05) is 33.9 Å². The van der Waals surface area contributed by atoms with E-state index in [2.05, 4.69) is 53.5 Å². The molecule has 0 amide bonds. The molecule has 2 aromatic carbocycles. The van der Waals surface area contributed by atoms with E-state index >= 15 is 0 Å². The molecule has 0 bridgehead atoms. The van der Waals surface area contributed by atoms with E-state index in [0.29, 0.717) is 19.1 Å². The average Bonchev–Trinajstić information content (AvgIpc) is 3.22. The van der Waals surface area contributed by atoms with Crippen LogP contribution in [0, 0.1) is 0 Å². The molecule has 5 heteroatoms. The molecule has 3 rings (SSSR count). The third-order valence-corrected chi connectivity index (χ3v) is 5.16. The summed E-state index contributed by atoms with van der Waals surface area (Å²) in [5, 5.41) is 3.45. The second kappa shape index (κ2) is 10.1. The number of aliphatic imine (C=N–C) groups is 1. The van der Waals surface area contributed by atoms with E-state index < -0.39 is 0 Å². The number of hydrogen-bond donors (Lipinski definition) is 1. The lowest BCUT2D eigenvalue weighted by Crippen LogP contribution is -2.40. The number of benzene rings is 2. The van der Waals surface area contributed by atoms with Crippen LogP contribution in [0.2, 0.25) is 0 Å². The fourth-order valence-corrected chi connectivity index (χ4v) is 3.60. The van der Waals surface area contributed by atoms with Gasteiger partial charge in [-0.25, -0.2) is 4.99 Å². The van der Waals surface area contributed by atoms with Gasteiger partial charge >= 0.3 is 0 Å². The van der Waals surface area contributed by atoms with Gasteiger partial charge in [-0.15, -0.1) is 0 Å². The molecule has 1 heterocycles. The standard InChI is InChI=1S/C23H31N3O2/c1-4-24-23(25-15-18-5-7-19(8-6-18)17-27-2)26-14-13-21(16-26)20-9-11-22(28-3)12-10-20/h5-12,21H,4,13-17H2,1-3H3,(H,24,25). The fraction of sp³-hybridized carbons (Fsp3) is 0.435. The van der Waals surface area contributed by atoms with Crippen molar-refractivity contribution < 1.29 is 9.47 Å². The largest absolute Gasteiger partial charge is 0.497 e. The van der Waals surface area contributed by atoms with E-state index in [1.807, 2.05) is 12.1 Å². The number of nitrogens with zero attached hydrogens (tertiary/aromatic N) is 2. The van der Waals surface area contributed by atoms with Crippen LogP contribution in [0.25, 0.3) is 0 Å². The molecule has 1 unspecified atom stereocenters. The first-order valence-corrected chi connectivity index (χ1v) is 9.97. The summed E-state index contributed by atoms with van der Waals surface area (Å²) in [6, 6.07) is 16.9. The molecule has 1 fully saturated rings. The third-order valence-electron chi connectivity index (χ3n) is 5.16. The van der Waals surface area contributed by atoms with Gasteiger partial charge in [0, 0.05) is 32.7 Å². The summed E-state index contributed by atoms with van der Waals surface area (Å²) in [5.41, 5.74) is 3.76. The molecule has 5 nitrogen and oxygen atoms in total. The molecule has 1 N–H and O–H groups in total. The Morgan fingerprint density at radius 1 is 1.07 bits per heavy atom. The molecule has 1 aliphatic rings. The van der Waals surface area contributed by atoms with Gasteiger partial charge in [-0.2, -0.15) is 0 Å². The maximum atomic E-state index is 5.27. The monoisotopic (exact) mass is 381 g/mol. The lowest BCUT2D eigenvalue weighted by atomic mass is 9.98. The highest BCUT2D eigenvalue weighted by Gasteiger charge is 2.26. The highest BCUT2D eigenvalue weighted by molar-refractivity contribution is 5.80. The van der Waals surface area contributed by atoms with Crippen molar-refractivity contribution in [3.8, 4) is 5.75 Å². The SMILES string of the molecule is CCNC(=NCc1ccc(COC)cc1)N1CCC(c2ccc(OC)cc2)C1. The van der Waals surface area contributed by atoms with E-state index in [9.17, 15) is 0 Å². The minimum Gasteiger partial charge on any atom is -0.497 e. The Bertz CT molecular complexity index is 756. The predicted molar refractivity (Wildman–Crippen MR) is 114 cm³/mol. The number of nitrogens with one attached hydrogen (secondary N) is 1. The Hall–Kier alpha value is -2.53. The Morgan fingerprint density at radius 2 is 1.79 bits per heavy atom. The summed E-state index contributed by atoms with van der Waals surface area (Å²) in [4.78, 5) is 7.25. The molecule has 0 saturated carbocycles. The van der Waals surface area contributed by atoms with Crippen molar-refractivity contribution in [3.05, 3.63) is 65.2 Å². The van der Waals surface area contributed by atoms with Gasteiger partial charge in [0.15, 0.2) is 5.96 Å².